The Labute approximate surface area is 156 Å². The van der Waals surface area contributed by atoms with E-state index >= 15 is 0 Å². The number of anilines is 1. The van der Waals surface area contributed by atoms with E-state index in [2.05, 4.69) is 10.6 Å². The molecule has 2 aliphatic rings. The summed E-state index contributed by atoms with van der Waals surface area (Å²) in [4.78, 5) is 12.2. The minimum absolute atomic E-state index is 0.00388. The second kappa shape index (κ2) is 9.00. The van der Waals surface area contributed by atoms with E-state index in [1.165, 1.54) is 0 Å². The fraction of sp³-hybridized carbons (Fsp3) is 0.650. The van der Waals surface area contributed by atoms with Gasteiger partial charge in [-0.15, -0.1) is 0 Å². The van der Waals surface area contributed by atoms with Gasteiger partial charge in [-0.3, -0.25) is 4.79 Å². The highest BCUT2D eigenvalue weighted by Crippen LogP contribution is 2.26. The number of benzene rings is 1. The van der Waals surface area contributed by atoms with E-state index in [1.807, 2.05) is 18.2 Å². The van der Waals surface area contributed by atoms with Crippen LogP contribution in [0.2, 0.25) is 0 Å². The standard InChI is InChI=1S/C20H30N2O3S/c23-20(10-9-16-11-12-21-14-16)22-18-6-4-5-17(13-18)15-26(24,25)19-7-2-1-3-8-19/h4-6,13,16,19,21H,1-3,7-12,14-15H2,(H,22,23). The Morgan fingerprint density at radius 2 is 1.96 bits per heavy atom. The summed E-state index contributed by atoms with van der Waals surface area (Å²) < 4.78 is 25.3. The minimum atomic E-state index is -3.12. The van der Waals surface area contributed by atoms with Crippen LogP contribution in [0.25, 0.3) is 0 Å². The monoisotopic (exact) mass is 378 g/mol. The molecule has 3 rings (SSSR count). The first-order valence-corrected chi connectivity index (χ1v) is 11.6. The summed E-state index contributed by atoms with van der Waals surface area (Å²) in [6.45, 7) is 2.05. The number of hydrogen-bond acceptors (Lipinski definition) is 4. The van der Waals surface area contributed by atoms with Gasteiger partial charge in [0.1, 0.15) is 0 Å². The largest absolute Gasteiger partial charge is 0.326 e. The molecular formula is C20H30N2O3S. The van der Waals surface area contributed by atoms with Gasteiger partial charge in [-0.1, -0.05) is 31.4 Å². The number of carbonyl (C=O) groups is 1. The molecule has 0 spiro atoms. The topological polar surface area (TPSA) is 75.3 Å². The van der Waals surface area contributed by atoms with E-state index in [9.17, 15) is 13.2 Å². The van der Waals surface area contributed by atoms with Crippen LogP contribution in [0, 0.1) is 5.92 Å². The molecule has 1 atom stereocenters. The first-order chi connectivity index (χ1) is 12.5. The molecule has 26 heavy (non-hydrogen) atoms. The first kappa shape index (κ1) is 19.4. The van der Waals surface area contributed by atoms with E-state index in [1.54, 1.807) is 6.07 Å². The maximum atomic E-state index is 12.6. The van der Waals surface area contributed by atoms with Crippen molar-refractivity contribution < 1.29 is 13.2 Å². The summed E-state index contributed by atoms with van der Waals surface area (Å²) in [5, 5.41) is 6.03. The minimum Gasteiger partial charge on any atom is -0.326 e. The Bertz CT molecular complexity index is 706. The van der Waals surface area contributed by atoms with Crippen LogP contribution in [0.5, 0.6) is 0 Å². The second-order valence-electron chi connectivity index (χ2n) is 7.71. The summed E-state index contributed by atoms with van der Waals surface area (Å²) in [6, 6.07) is 7.28. The average Bonchev–Trinajstić information content (AvgIpc) is 3.14. The van der Waals surface area contributed by atoms with Gasteiger partial charge in [-0.05, 0) is 62.4 Å². The SMILES string of the molecule is O=C(CCC1CCNC1)Nc1cccc(CS(=O)(=O)C2CCCCC2)c1. The van der Waals surface area contributed by atoms with Crippen molar-refractivity contribution in [2.24, 2.45) is 5.92 Å². The van der Waals surface area contributed by atoms with Crippen molar-refractivity contribution in [2.75, 3.05) is 18.4 Å². The Balaban J connectivity index is 1.54. The lowest BCUT2D eigenvalue weighted by Crippen LogP contribution is -2.25. The van der Waals surface area contributed by atoms with E-state index in [4.69, 9.17) is 0 Å². The fourth-order valence-corrected chi connectivity index (χ4v) is 5.96. The maximum Gasteiger partial charge on any atom is 0.224 e. The molecule has 1 unspecified atom stereocenters. The van der Waals surface area contributed by atoms with Crippen LogP contribution in [0.1, 0.15) is 56.9 Å². The Kier molecular flexibility index (Phi) is 6.70. The van der Waals surface area contributed by atoms with Gasteiger partial charge in [0.2, 0.25) is 5.91 Å². The molecule has 1 saturated carbocycles. The smallest absolute Gasteiger partial charge is 0.224 e. The predicted octanol–water partition coefficient (Wildman–Crippen LogP) is 3.26. The third-order valence-corrected chi connectivity index (χ3v) is 7.80. The zero-order valence-corrected chi connectivity index (χ0v) is 16.2. The molecule has 1 aliphatic carbocycles. The van der Waals surface area contributed by atoms with Crippen molar-refractivity contribution in [1.29, 1.82) is 0 Å². The molecule has 2 N–H and O–H groups in total. The Morgan fingerprint density at radius 3 is 2.69 bits per heavy atom. The van der Waals surface area contributed by atoms with Crippen molar-refractivity contribution in [3.8, 4) is 0 Å². The molecule has 1 amide bonds. The van der Waals surface area contributed by atoms with Crippen LogP contribution < -0.4 is 10.6 Å². The molecule has 5 nitrogen and oxygen atoms in total. The van der Waals surface area contributed by atoms with Crippen LogP contribution >= 0.6 is 0 Å². The van der Waals surface area contributed by atoms with E-state index in [0.29, 0.717) is 18.0 Å². The highest BCUT2D eigenvalue weighted by molar-refractivity contribution is 7.91. The van der Waals surface area contributed by atoms with Crippen molar-refractivity contribution in [3.63, 3.8) is 0 Å². The zero-order valence-electron chi connectivity index (χ0n) is 15.4. The Morgan fingerprint density at radius 1 is 1.15 bits per heavy atom. The number of hydrogen-bond donors (Lipinski definition) is 2. The lowest BCUT2D eigenvalue weighted by Gasteiger charge is -2.21. The van der Waals surface area contributed by atoms with Gasteiger partial charge in [0.15, 0.2) is 9.84 Å². The van der Waals surface area contributed by atoms with Gasteiger partial charge in [0.25, 0.3) is 0 Å². The molecular weight excluding hydrogens is 348 g/mol. The van der Waals surface area contributed by atoms with Gasteiger partial charge in [0, 0.05) is 12.1 Å². The number of nitrogens with one attached hydrogen (secondary N) is 2. The van der Waals surface area contributed by atoms with Crippen molar-refractivity contribution in [2.45, 2.75) is 62.4 Å². The molecule has 1 saturated heterocycles. The quantitative estimate of drug-likeness (QED) is 0.764. The normalized spacial score (nSPS) is 21.6. The lowest BCUT2D eigenvalue weighted by atomic mass is 10.0. The van der Waals surface area contributed by atoms with Crippen molar-refractivity contribution >= 4 is 21.4 Å². The van der Waals surface area contributed by atoms with Crippen LogP contribution in [-0.2, 0) is 20.4 Å². The van der Waals surface area contributed by atoms with Gasteiger partial charge in [0.05, 0.1) is 11.0 Å². The van der Waals surface area contributed by atoms with Gasteiger partial charge >= 0.3 is 0 Å². The van der Waals surface area contributed by atoms with Crippen LogP contribution in [0.15, 0.2) is 24.3 Å². The molecule has 1 aliphatic heterocycles. The summed E-state index contributed by atoms with van der Waals surface area (Å²) in [6.07, 6.45) is 7.29. The predicted molar refractivity (Wildman–Crippen MR) is 105 cm³/mol. The van der Waals surface area contributed by atoms with E-state index in [-0.39, 0.29) is 16.9 Å². The third kappa shape index (κ3) is 5.55. The van der Waals surface area contributed by atoms with Gasteiger partial charge < -0.3 is 10.6 Å². The number of rotatable bonds is 7. The molecule has 6 heteroatoms. The lowest BCUT2D eigenvalue weighted by molar-refractivity contribution is -0.116. The molecule has 0 aromatic heterocycles. The highest BCUT2D eigenvalue weighted by atomic mass is 32.2. The number of carbonyl (C=O) groups excluding carboxylic acids is 1. The van der Waals surface area contributed by atoms with E-state index in [0.717, 1.165) is 63.6 Å². The summed E-state index contributed by atoms with van der Waals surface area (Å²) in [5.74, 6) is 0.659. The second-order valence-corrected chi connectivity index (χ2v) is 9.99. The molecule has 1 heterocycles. The zero-order chi connectivity index (χ0) is 18.4. The summed E-state index contributed by atoms with van der Waals surface area (Å²) >= 11 is 0. The van der Waals surface area contributed by atoms with Crippen LogP contribution in [-0.4, -0.2) is 32.7 Å². The average molecular weight is 379 g/mol. The third-order valence-electron chi connectivity index (χ3n) is 5.58. The van der Waals surface area contributed by atoms with Crippen molar-refractivity contribution in [1.82, 2.24) is 5.32 Å². The number of sulfone groups is 1. The van der Waals surface area contributed by atoms with Crippen LogP contribution in [0.4, 0.5) is 5.69 Å². The van der Waals surface area contributed by atoms with Gasteiger partial charge in [-0.2, -0.15) is 0 Å². The van der Waals surface area contributed by atoms with Gasteiger partial charge in [-0.25, -0.2) is 8.42 Å². The molecule has 144 valence electrons. The number of amides is 1. The fourth-order valence-electron chi connectivity index (χ4n) is 4.03. The molecule has 0 bridgehead atoms. The molecule has 0 radical (unpaired) electrons. The molecule has 2 fully saturated rings. The Hall–Kier alpha value is -1.40. The molecule has 1 aromatic carbocycles. The van der Waals surface area contributed by atoms with Crippen LogP contribution in [0.3, 0.4) is 0 Å². The maximum absolute atomic E-state index is 12.6. The molecule has 1 aromatic rings. The first-order valence-electron chi connectivity index (χ1n) is 9.84. The van der Waals surface area contributed by atoms with Crippen molar-refractivity contribution in [3.05, 3.63) is 29.8 Å². The summed E-state index contributed by atoms with van der Waals surface area (Å²) in [7, 11) is -3.12. The van der Waals surface area contributed by atoms with E-state index < -0.39 is 9.84 Å². The summed E-state index contributed by atoms with van der Waals surface area (Å²) in [5.41, 5.74) is 1.45. The highest BCUT2D eigenvalue weighted by Gasteiger charge is 2.27.